The summed E-state index contributed by atoms with van der Waals surface area (Å²) in [4.78, 5) is 23.7. The smallest absolute Gasteiger partial charge is 0.331 e. The van der Waals surface area contributed by atoms with Crippen molar-refractivity contribution in [1.82, 2.24) is 0 Å². The van der Waals surface area contributed by atoms with E-state index in [9.17, 15) is 14.0 Å². The lowest BCUT2D eigenvalue weighted by atomic mass is 10.1. The SMILES string of the molecule is C[C@H](OC(=O)/C=C/c1ccc(Br)o1)C(=O)c1ccc(F)cc1. The Morgan fingerprint density at radius 1 is 1.23 bits per heavy atom. The van der Waals surface area contributed by atoms with Crippen LogP contribution in [0.25, 0.3) is 6.08 Å². The summed E-state index contributed by atoms with van der Waals surface area (Å²) >= 11 is 3.14. The number of rotatable bonds is 5. The second-order valence-corrected chi connectivity index (χ2v) is 5.21. The predicted molar refractivity (Wildman–Crippen MR) is 81.7 cm³/mol. The van der Waals surface area contributed by atoms with Crippen LogP contribution >= 0.6 is 15.9 Å². The van der Waals surface area contributed by atoms with Crippen LogP contribution < -0.4 is 0 Å². The Hall–Kier alpha value is -2.21. The summed E-state index contributed by atoms with van der Waals surface area (Å²) in [5.41, 5.74) is 0.278. The number of esters is 1. The van der Waals surface area contributed by atoms with Crippen molar-refractivity contribution in [1.29, 1.82) is 0 Å². The summed E-state index contributed by atoms with van der Waals surface area (Å²) in [5.74, 6) is -1.03. The predicted octanol–water partition coefficient (Wildman–Crippen LogP) is 4.01. The molecule has 0 aliphatic heterocycles. The molecule has 0 saturated carbocycles. The van der Waals surface area contributed by atoms with Gasteiger partial charge in [-0.1, -0.05) is 0 Å². The zero-order chi connectivity index (χ0) is 16.1. The van der Waals surface area contributed by atoms with Crippen LogP contribution in [0.4, 0.5) is 4.39 Å². The van der Waals surface area contributed by atoms with Crippen LogP contribution in [-0.4, -0.2) is 17.9 Å². The van der Waals surface area contributed by atoms with Crippen molar-refractivity contribution in [3.05, 3.63) is 64.3 Å². The number of furan rings is 1. The van der Waals surface area contributed by atoms with E-state index in [1.54, 1.807) is 12.1 Å². The molecular weight excluding hydrogens is 355 g/mol. The molecule has 2 aromatic rings. The van der Waals surface area contributed by atoms with E-state index in [2.05, 4.69) is 15.9 Å². The van der Waals surface area contributed by atoms with Gasteiger partial charge in [-0.2, -0.15) is 0 Å². The van der Waals surface area contributed by atoms with Crippen LogP contribution in [0, 0.1) is 5.82 Å². The van der Waals surface area contributed by atoms with E-state index in [-0.39, 0.29) is 5.56 Å². The number of carbonyl (C=O) groups excluding carboxylic acids is 2. The number of benzene rings is 1. The van der Waals surface area contributed by atoms with Crippen molar-refractivity contribution >= 4 is 33.8 Å². The van der Waals surface area contributed by atoms with Gasteiger partial charge in [-0.3, -0.25) is 4.79 Å². The van der Waals surface area contributed by atoms with Crippen LogP contribution in [0.2, 0.25) is 0 Å². The van der Waals surface area contributed by atoms with Crippen molar-refractivity contribution in [2.24, 2.45) is 0 Å². The second-order valence-electron chi connectivity index (χ2n) is 4.43. The van der Waals surface area contributed by atoms with Gasteiger partial charge in [-0.05, 0) is 65.3 Å². The largest absolute Gasteiger partial charge is 0.451 e. The number of ketones is 1. The molecule has 6 heteroatoms. The van der Waals surface area contributed by atoms with E-state index in [0.717, 1.165) is 0 Å². The van der Waals surface area contributed by atoms with Gasteiger partial charge in [0.05, 0.1) is 0 Å². The summed E-state index contributed by atoms with van der Waals surface area (Å²) in [6.07, 6.45) is 1.63. The highest BCUT2D eigenvalue weighted by Crippen LogP contribution is 2.15. The average molecular weight is 367 g/mol. The normalized spacial score (nSPS) is 12.3. The van der Waals surface area contributed by atoms with E-state index in [0.29, 0.717) is 10.4 Å². The molecule has 0 aliphatic carbocycles. The number of hydrogen-bond donors (Lipinski definition) is 0. The van der Waals surface area contributed by atoms with Gasteiger partial charge in [0.25, 0.3) is 0 Å². The minimum atomic E-state index is -0.967. The second kappa shape index (κ2) is 7.17. The summed E-state index contributed by atoms with van der Waals surface area (Å²) in [5, 5.41) is 0. The Kier molecular flexibility index (Phi) is 5.27. The Balaban J connectivity index is 1.94. The maximum Gasteiger partial charge on any atom is 0.331 e. The summed E-state index contributed by atoms with van der Waals surface area (Å²) in [7, 11) is 0. The zero-order valence-corrected chi connectivity index (χ0v) is 13.2. The van der Waals surface area contributed by atoms with Crippen molar-refractivity contribution in [2.75, 3.05) is 0 Å². The number of ether oxygens (including phenoxy) is 1. The molecule has 0 N–H and O–H groups in total. The van der Waals surface area contributed by atoms with E-state index in [1.165, 1.54) is 43.3 Å². The summed E-state index contributed by atoms with van der Waals surface area (Å²) < 4.78 is 23.5. The van der Waals surface area contributed by atoms with Crippen molar-refractivity contribution in [3.63, 3.8) is 0 Å². The van der Waals surface area contributed by atoms with E-state index >= 15 is 0 Å². The van der Waals surface area contributed by atoms with Gasteiger partial charge in [0, 0.05) is 11.6 Å². The molecule has 0 unspecified atom stereocenters. The quantitative estimate of drug-likeness (QED) is 0.455. The highest BCUT2D eigenvalue weighted by molar-refractivity contribution is 9.10. The van der Waals surface area contributed by atoms with Crippen LogP contribution in [-0.2, 0) is 9.53 Å². The highest BCUT2D eigenvalue weighted by atomic mass is 79.9. The van der Waals surface area contributed by atoms with Gasteiger partial charge in [-0.25, -0.2) is 9.18 Å². The van der Waals surface area contributed by atoms with Gasteiger partial charge in [-0.15, -0.1) is 0 Å². The minimum Gasteiger partial charge on any atom is -0.451 e. The average Bonchev–Trinajstić information content (AvgIpc) is 2.91. The third-order valence-electron chi connectivity index (χ3n) is 2.77. The van der Waals surface area contributed by atoms with Crippen molar-refractivity contribution in [3.8, 4) is 0 Å². The number of carbonyl (C=O) groups is 2. The lowest BCUT2D eigenvalue weighted by Crippen LogP contribution is -2.23. The number of hydrogen-bond acceptors (Lipinski definition) is 4. The van der Waals surface area contributed by atoms with Crippen LogP contribution in [0.5, 0.6) is 0 Å². The molecule has 4 nitrogen and oxygen atoms in total. The molecule has 114 valence electrons. The Morgan fingerprint density at radius 2 is 1.91 bits per heavy atom. The molecule has 2 rings (SSSR count). The molecule has 0 aliphatic rings. The molecule has 22 heavy (non-hydrogen) atoms. The molecule has 1 aromatic heterocycles. The number of halogens is 2. The van der Waals surface area contributed by atoms with Gasteiger partial charge >= 0.3 is 5.97 Å². The Labute approximate surface area is 134 Å². The lowest BCUT2D eigenvalue weighted by molar-refractivity contribution is -0.140. The van der Waals surface area contributed by atoms with Crippen molar-refractivity contribution in [2.45, 2.75) is 13.0 Å². The molecule has 0 fully saturated rings. The standard InChI is InChI=1S/C16H12BrFO4/c1-10(16(20)11-2-4-12(18)5-3-11)21-15(19)9-7-13-6-8-14(17)22-13/h2-10H,1H3/b9-7+/t10-/m0/s1. The number of Topliss-reactive ketones (excluding diaryl/α,β-unsaturated/α-hetero) is 1. The Morgan fingerprint density at radius 3 is 2.50 bits per heavy atom. The van der Waals surface area contributed by atoms with Gasteiger partial charge in [0.2, 0.25) is 5.78 Å². The third kappa shape index (κ3) is 4.39. The van der Waals surface area contributed by atoms with E-state index < -0.39 is 23.7 Å². The third-order valence-corrected chi connectivity index (χ3v) is 3.19. The van der Waals surface area contributed by atoms with Crippen LogP contribution in [0.15, 0.2) is 51.6 Å². The van der Waals surface area contributed by atoms with Crippen LogP contribution in [0.3, 0.4) is 0 Å². The molecule has 0 amide bonds. The Bertz CT molecular complexity index is 703. The molecule has 0 saturated heterocycles. The molecule has 1 atom stereocenters. The fourth-order valence-electron chi connectivity index (χ4n) is 1.68. The van der Waals surface area contributed by atoms with Gasteiger partial charge < -0.3 is 9.15 Å². The monoisotopic (exact) mass is 366 g/mol. The first kappa shape index (κ1) is 16.2. The van der Waals surface area contributed by atoms with Crippen molar-refractivity contribution < 1.29 is 23.1 Å². The lowest BCUT2D eigenvalue weighted by Gasteiger charge is -2.10. The topological polar surface area (TPSA) is 56.5 Å². The molecular formula is C16H12BrFO4. The molecule has 0 bridgehead atoms. The molecule has 0 spiro atoms. The zero-order valence-electron chi connectivity index (χ0n) is 11.6. The molecule has 1 aromatic carbocycles. The summed E-state index contributed by atoms with van der Waals surface area (Å²) in [6.45, 7) is 1.46. The van der Waals surface area contributed by atoms with Gasteiger partial charge in [0.15, 0.2) is 10.8 Å². The fourth-order valence-corrected chi connectivity index (χ4v) is 2.00. The first-order valence-corrected chi connectivity index (χ1v) is 7.19. The molecule has 1 heterocycles. The van der Waals surface area contributed by atoms with E-state index in [1.807, 2.05) is 0 Å². The summed E-state index contributed by atoms with van der Waals surface area (Å²) in [6, 6.07) is 8.40. The maximum atomic E-state index is 12.8. The first-order valence-electron chi connectivity index (χ1n) is 6.39. The minimum absolute atomic E-state index is 0.278. The highest BCUT2D eigenvalue weighted by Gasteiger charge is 2.18. The maximum absolute atomic E-state index is 12.8. The van der Waals surface area contributed by atoms with E-state index in [4.69, 9.17) is 9.15 Å². The van der Waals surface area contributed by atoms with Crippen LogP contribution in [0.1, 0.15) is 23.0 Å². The first-order chi connectivity index (χ1) is 10.5. The molecule has 0 radical (unpaired) electrons. The van der Waals surface area contributed by atoms with Gasteiger partial charge in [0.1, 0.15) is 11.6 Å². The fraction of sp³-hybridized carbons (Fsp3) is 0.125.